The highest BCUT2D eigenvalue weighted by atomic mass is 16.7. The van der Waals surface area contributed by atoms with Crippen LogP contribution >= 0.6 is 0 Å². The van der Waals surface area contributed by atoms with Gasteiger partial charge in [-0.2, -0.15) is 0 Å². The topological polar surface area (TPSA) is 47.6 Å². The van der Waals surface area contributed by atoms with Gasteiger partial charge in [-0.05, 0) is 12.1 Å². The molecule has 1 aliphatic heterocycles. The van der Waals surface area contributed by atoms with E-state index >= 15 is 0 Å². The fourth-order valence-corrected chi connectivity index (χ4v) is 1.91. The number of fused-ring (bicyclic) bond motifs is 1. The predicted octanol–water partition coefficient (Wildman–Crippen LogP) is 2.71. The minimum Gasteiger partial charge on any atom is -0.454 e. The lowest BCUT2D eigenvalue weighted by atomic mass is 10.1. The number of anilines is 1. The Kier molecular flexibility index (Phi) is 3.06. The van der Waals surface area contributed by atoms with Crippen molar-refractivity contribution in [3.63, 3.8) is 0 Å². The smallest absolute Gasteiger partial charge is 0.231 e. The van der Waals surface area contributed by atoms with Crippen LogP contribution in [0.25, 0.3) is 0 Å². The number of hydrogen-bond donors (Lipinski definition) is 1. The van der Waals surface area contributed by atoms with Gasteiger partial charge in [0.05, 0.1) is 6.54 Å². The van der Waals surface area contributed by atoms with Gasteiger partial charge in [0.1, 0.15) is 0 Å². The quantitative estimate of drug-likeness (QED) is 0.853. The highest BCUT2D eigenvalue weighted by Crippen LogP contribution is 2.34. The molecule has 0 saturated heterocycles. The molecule has 0 amide bonds. The molecule has 4 nitrogen and oxygen atoms in total. The first-order chi connectivity index (χ1) is 9.33. The lowest BCUT2D eigenvalue weighted by Gasteiger charge is -2.06. The van der Waals surface area contributed by atoms with E-state index in [2.05, 4.69) is 5.32 Å². The third kappa shape index (κ3) is 2.52. The molecule has 0 aliphatic carbocycles. The maximum absolute atomic E-state index is 11.9. The van der Waals surface area contributed by atoms with Crippen molar-refractivity contribution in [2.45, 2.75) is 0 Å². The van der Waals surface area contributed by atoms with Crippen LogP contribution in [0.1, 0.15) is 10.4 Å². The SMILES string of the molecule is O=C(CNc1ccc2c(c1)OCO2)c1ccccc1. The van der Waals surface area contributed by atoms with Crippen LogP contribution in [0.3, 0.4) is 0 Å². The van der Waals surface area contributed by atoms with E-state index in [-0.39, 0.29) is 19.1 Å². The molecule has 3 rings (SSSR count). The van der Waals surface area contributed by atoms with Crippen molar-refractivity contribution in [3.8, 4) is 11.5 Å². The second-order valence-corrected chi connectivity index (χ2v) is 4.21. The summed E-state index contributed by atoms with van der Waals surface area (Å²) >= 11 is 0. The standard InChI is InChI=1S/C15H13NO3/c17-13(11-4-2-1-3-5-11)9-16-12-6-7-14-15(8-12)19-10-18-14/h1-8,16H,9-10H2. The molecule has 19 heavy (non-hydrogen) atoms. The summed E-state index contributed by atoms with van der Waals surface area (Å²) in [7, 11) is 0. The molecule has 0 bridgehead atoms. The van der Waals surface area contributed by atoms with Gasteiger partial charge in [0.25, 0.3) is 0 Å². The molecular formula is C15H13NO3. The van der Waals surface area contributed by atoms with Gasteiger partial charge in [-0.1, -0.05) is 30.3 Å². The van der Waals surface area contributed by atoms with Crippen LogP contribution in [0.15, 0.2) is 48.5 Å². The van der Waals surface area contributed by atoms with Crippen molar-refractivity contribution < 1.29 is 14.3 Å². The number of Topliss-reactive ketones (excluding diaryl/α,β-unsaturated/α-hetero) is 1. The number of rotatable bonds is 4. The van der Waals surface area contributed by atoms with Gasteiger partial charge in [-0.25, -0.2) is 0 Å². The van der Waals surface area contributed by atoms with E-state index < -0.39 is 0 Å². The van der Waals surface area contributed by atoms with Crippen LogP contribution < -0.4 is 14.8 Å². The Morgan fingerprint density at radius 2 is 1.84 bits per heavy atom. The largest absolute Gasteiger partial charge is 0.454 e. The lowest BCUT2D eigenvalue weighted by molar-refractivity contribution is 0.101. The van der Waals surface area contributed by atoms with E-state index in [1.807, 2.05) is 48.5 Å². The predicted molar refractivity (Wildman–Crippen MR) is 71.8 cm³/mol. The molecule has 0 saturated carbocycles. The van der Waals surface area contributed by atoms with Crippen molar-refractivity contribution in [2.24, 2.45) is 0 Å². The van der Waals surface area contributed by atoms with Crippen molar-refractivity contribution in [1.29, 1.82) is 0 Å². The second-order valence-electron chi connectivity index (χ2n) is 4.21. The van der Waals surface area contributed by atoms with Crippen LogP contribution in [0, 0.1) is 0 Å². The summed E-state index contributed by atoms with van der Waals surface area (Å²) in [5, 5.41) is 3.09. The van der Waals surface area contributed by atoms with Crippen LogP contribution in [0.2, 0.25) is 0 Å². The van der Waals surface area contributed by atoms with E-state index in [9.17, 15) is 4.79 Å². The molecular weight excluding hydrogens is 242 g/mol. The minimum atomic E-state index is 0.0540. The molecule has 0 fully saturated rings. The molecule has 0 spiro atoms. The molecule has 2 aromatic carbocycles. The number of carbonyl (C=O) groups excluding carboxylic acids is 1. The van der Waals surface area contributed by atoms with Crippen LogP contribution in [0.5, 0.6) is 11.5 Å². The zero-order valence-corrected chi connectivity index (χ0v) is 10.3. The van der Waals surface area contributed by atoms with E-state index in [1.165, 1.54) is 0 Å². The van der Waals surface area contributed by atoms with Crippen molar-refractivity contribution in [2.75, 3.05) is 18.7 Å². The van der Waals surface area contributed by atoms with Gasteiger partial charge in [0, 0.05) is 17.3 Å². The summed E-state index contributed by atoms with van der Waals surface area (Å²) in [5.41, 5.74) is 1.55. The van der Waals surface area contributed by atoms with Crippen molar-refractivity contribution in [1.82, 2.24) is 0 Å². The van der Waals surface area contributed by atoms with E-state index in [1.54, 1.807) is 0 Å². The highest BCUT2D eigenvalue weighted by molar-refractivity contribution is 5.98. The summed E-state index contributed by atoms with van der Waals surface area (Å²) in [6, 6.07) is 14.8. The highest BCUT2D eigenvalue weighted by Gasteiger charge is 2.13. The Labute approximate surface area is 111 Å². The van der Waals surface area contributed by atoms with E-state index in [4.69, 9.17) is 9.47 Å². The number of ketones is 1. The average molecular weight is 255 g/mol. The van der Waals surface area contributed by atoms with Gasteiger partial charge in [-0.15, -0.1) is 0 Å². The number of ether oxygens (including phenoxy) is 2. The zero-order chi connectivity index (χ0) is 13.1. The maximum Gasteiger partial charge on any atom is 0.231 e. The average Bonchev–Trinajstić information content (AvgIpc) is 2.93. The zero-order valence-electron chi connectivity index (χ0n) is 10.3. The molecule has 1 aliphatic rings. The Balaban J connectivity index is 1.65. The lowest BCUT2D eigenvalue weighted by Crippen LogP contribution is -2.13. The first kappa shape index (κ1) is 11.6. The molecule has 1 N–H and O–H groups in total. The van der Waals surface area contributed by atoms with Gasteiger partial charge < -0.3 is 14.8 Å². The van der Waals surface area contributed by atoms with Gasteiger partial charge in [0.2, 0.25) is 6.79 Å². The summed E-state index contributed by atoms with van der Waals surface area (Å²) in [5.74, 6) is 1.50. The normalized spacial score (nSPS) is 12.2. The Morgan fingerprint density at radius 1 is 1.05 bits per heavy atom. The Morgan fingerprint density at radius 3 is 2.68 bits per heavy atom. The monoisotopic (exact) mass is 255 g/mol. The van der Waals surface area contributed by atoms with Gasteiger partial charge in [0.15, 0.2) is 17.3 Å². The summed E-state index contributed by atoms with van der Waals surface area (Å²) in [4.78, 5) is 11.9. The number of nitrogens with one attached hydrogen (secondary N) is 1. The van der Waals surface area contributed by atoms with Gasteiger partial charge in [-0.3, -0.25) is 4.79 Å². The fourth-order valence-electron chi connectivity index (χ4n) is 1.91. The number of benzene rings is 2. The van der Waals surface area contributed by atoms with Crippen LogP contribution in [-0.4, -0.2) is 19.1 Å². The Bertz CT molecular complexity index is 596. The van der Waals surface area contributed by atoms with Crippen LogP contribution in [-0.2, 0) is 0 Å². The molecule has 0 aromatic heterocycles. The Hall–Kier alpha value is -2.49. The first-order valence-electron chi connectivity index (χ1n) is 6.05. The minimum absolute atomic E-state index is 0.0540. The first-order valence-corrected chi connectivity index (χ1v) is 6.05. The number of carbonyl (C=O) groups is 1. The maximum atomic E-state index is 11.9. The summed E-state index contributed by atoms with van der Waals surface area (Å²) in [6.45, 7) is 0.505. The number of hydrogen-bond acceptors (Lipinski definition) is 4. The molecule has 0 unspecified atom stereocenters. The summed E-state index contributed by atoms with van der Waals surface area (Å²) in [6.07, 6.45) is 0. The van der Waals surface area contributed by atoms with E-state index in [0.29, 0.717) is 11.3 Å². The molecule has 0 atom stereocenters. The van der Waals surface area contributed by atoms with Crippen molar-refractivity contribution in [3.05, 3.63) is 54.1 Å². The van der Waals surface area contributed by atoms with Gasteiger partial charge >= 0.3 is 0 Å². The molecule has 2 aromatic rings. The molecule has 0 radical (unpaired) electrons. The molecule has 1 heterocycles. The molecule has 4 heteroatoms. The molecule has 96 valence electrons. The third-order valence-electron chi connectivity index (χ3n) is 2.92. The fraction of sp³-hybridized carbons (Fsp3) is 0.133. The van der Waals surface area contributed by atoms with Crippen LogP contribution in [0.4, 0.5) is 5.69 Å². The third-order valence-corrected chi connectivity index (χ3v) is 2.92. The summed E-state index contributed by atoms with van der Waals surface area (Å²) < 4.78 is 10.5. The van der Waals surface area contributed by atoms with Crippen molar-refractivity contribution >= 4 is 11.5 Å². The second kappa shape index (κ2) is 5.02. The van der Waals surface area contributed by atoms with E-state index in [0.717, 1.165) is 11.4 Å².